The van der Waals surface area contributed by atoms with Gasteiger partial charge in [-0.05, 0) is 45.9 Å². The average molecular weight is 431 g/mol. The molecule has 0 radical (unpaired) electrons. The number of hydrogen-bond donors (Lipinski definition) is 1. The number of amides is 1. The number of pyridine rings is 1. The fraction of sp³-hybridized carbons (Fsp3) is 0.320. The number of fused-ring (bicyclic) bond motifs is 2. The van der Waals surface area contributed by atoms with Gasteiger partial charge in [-0.3, -0.25) is 4.79 Å². The van der Waals surface area contributed by atoms with Crippen LogP contribution in [0.4, 0.5) is 0 Å². The maximum atomic E-state index is 13.5. The van der Waals surface area contributed by atoms with Gasteiger partial charge < -0.3 is 14.5 Å². The molecule has 7 heteroatoms. The van der Waals surface area contributed by atoms with Gasteiger partial charge in [0, 0.05) is 23.6 Å². The first-order valence-corrected chi connectivity index (χ1v) is 10.9. The van der Waals surface area contributed by atoms with Crippen molar-refractivity contribution in [3.05, 3.63) is 65.2 Å². The molecule has 1 aliphatic rings. The van der Waals surface area contributed by atoms with Crippen LogP contribution in [0, 0.1) is 13.8 Å². The maximum absolute atomic E-state index is 13.5. The van der Waals surface area contributed by atoms with E-state index in [0.717, 1.165) is 40.2 Å². The molecule has 32 heavy (non-hydrogen) atoms. The monoisotopic (exact) mass is 430 g/mol. The zero-order chi connectivity index (χ0) is 22.4. The summed E-state index contributed by atoms with van der Waals surface area (Å²) in [5.41, 5.74) is 3.82. The van der Waals surface area contributed by atoms with Gasteiger partial charge >= 0.3 is 0 Å². The van der Waals surface area contributed by atoms with Gasteiger partial charge in [-0.2, -0.15) is 5.10 Å². The van der Waals surface area contributed by atoms with Crippen molar-refractivity contribution in [3.8, 4) is 17.0 Å². The van der Waals surface area contributed by atoms with Crippen molar-refractivity contribution in [2.24, 2.45) is 0 Å². The molecule has 0 unspecified atom stereocenters. The number of rotatable bonds is 4. The second kappa shape index (κ2) is 7.82. The number of carbonyl (C=O) groups excluding carboxylic acids is 1. The third kappa shape index (κ3) is 3.43. The van der Waals surface area contributed by atoms with E-state index in [9.17, 15) is 4.79 Å². The van der Waals surface area contributed by atoms with Gasteiger partial charge in [0.25, 0.3) is 5.91 Å². The van der Waals surface area contributed by atoms with Crippen molar-refractivity contribution >= 4 is 16.9 Å². The van der Waals surface area contributed by atoms with Crippen LogP contribution in [-0.4, -0.2) is 27.3 Å². The zero-order valence-electron chi connectivity index (χ0n) is 18.7. The van der Waals surface area contributed by atoms with E-state index in [1.807, 2.05) is 68.8 Å². The van der Waals surface area contributed by atoms with Crippen LogP contribution < -0.4 is 10.1 Å². The molecular weight excluding hydrogens is 404 g/mol. The van der Waals surface area contributed by atoms with Crippen LogP contribution in [0.25, 0.3) is 22.3 Å². The molecule has 0 fully saturated rings. The van der Waals surface area contributed by atoms with E-state index in [-0.39, 0.29) is 18.0 Å². The van der Waals surface area contributed by atoms with E-state index < -0.39 is 0 Å². The Kier molecular flexibility index (Phi) is 4.96. The number of aromatic nitrogens is 3. The summed E-state index contributed by atoms with van der Waals surface area (Å²) in [5, 5.41) is 8.46. The molecule has 1 amide bonds. The van der Waals surface area contributed by atoms with Crippen LogP contribution in [-0.2, 0) is 0 Å². The van der Waals surface area contributed by atoms with Crippen LogP contribution in [0.3, 0.4) is 0 Å². The number of carbonyl (C=O) groups is 1. The molecule has 1 aromatic carbocycles. The fourth-order valence-electron chi connectivity index (χ4n) is 4.33. The minimum Gasteiger partial charge on any atom is -0.493 e. The predicted octanol–water partition coefficient (Wildman–Crippen LogP) is 5.14. The summed E-state index contributed by atoms with van der Waals surface area (Å²) in [6.45, 7) is 8.48. The van der Waals surface area contributed by atoms with Crippen molar-refractivity contribution in [1.82, 2.24) is 20.1 Å². The SMILES string of the molecule is Cc1cc(-c2cc(C(=O)N[C@H]3CCOc4ccccc43)c3cnn(C(C)C)c3n2)c(C)o1. The third-order valence-corrected chi connectivity index (χ3v) is 5.88. The second-order valence-electron chi connectivity index (χ2n) is 8.50. The van der Waals surface area contributed by atoms with Gasteiger partial charge in [0.1, 0.15) is 17.3 Å². The van der Waals surface area contributed by atoms with Crippen LogP contribution >= 0.6 is 0 Å². The number of ether oxygens (including phenoxy) is 1. The van der Waals surface area contributed by atoms with Gasteiger partial charge in [0.15, 0.2) is 5.65 Å². The highest BCUT2D eigenvalue weighted by Crippen LogP contribution is 2.33. The van der Waals surface area contributed by atoms with Gasteiger partial charge in [0.2, 0.25) is 0 Å². The van der Waals surface area contributed by atoms with Crippen LogP contribution in [0.5, 0.6) is 5.75 Å². The molecule has 4 heterocycles. The van der Waals surface area contributed by atoms with Crippen LogP contribution in [0.15, 0.2) is 47.0 Å². The summed E-state index contributed by atoms with van der Waals surface area (Å²) in [4.78, 5) is 18.4. The van der Waals surface area contributed by atoms with Gasteiger partial charge in [0.05, 0.1) is 35.5 Å². The van der Waals surface area contributed by atoms with E-state index in [2.05, 4.69) is 10.4 Å². The number of nitrogens with zero attached hydrogens (tertiary/aromatic N) is 3. The Balaban J connectivity index is 1.60. The lowest BCUT2D eigenvalue weighted by molar-refractivity contribution is 0.0926. The summed E-state index contributed by atoms with van der Waals surface area (Å²) in [7, 11) is 0. The zero-order valence-corrected chi connectivity index (χ0v) is 18.7. The van der Waals surface area contributed by atoms with E-state index in [4.69, 9.17) is 14.1 Å². The number of aryl methyl sites for hydroxylation is 2. The average Bonchev–Trinajstić information content (AvgIpc) is 3.35. The van der Waals surface area contributed by atoms with Crippen LogP contribution in [0.1, 0.15) is 59.8 Å². The largest absolute Gasteiger partial charge is 0.493 e. The quantitative estimate of drug-likeness (QED) is 0.485. The number of para-hydroxylation sites is 1. The van der Waals surface area contributed by atoms with Gasteiger partial charge in [-0.25, -0.2) is 9.67 Å². The summed E-state index contributed by atoms with van der Waals surface area (Å²) in [6, 6.07) is 11.6. The lowest BCUT2D eigenvalue weighted by Crippen LogP contribution is -2.32. The number of hydrogen-bond acceptors (Lipinski definition) is 5. The predicted molar refractivity (Wildman–Crippen MR) is 122 cm³/mol. The highest BCUT2D eigenvalue weighted by molar-refractivity contribution is 6.06. The molecule has 0 saturated carbocycles. The highest BCUT2D eigenvalue weighted by atomic mass is 16.5. The van der Waals surface area contributed by atoms with Crippen LogP contribution in [0.2, 0.25) is 0 Å². The first-order chi connectivity index (χ1) is 15.4. The molecule has 164 valence electrons. The van der Waals surface area contributed by atoms with Crippen molar-refractivity contribution in [2.45, 2.75) is 46.2 Å². The highest BCUT2D eigenvalue weighted by Gasteiger charge is 2.26. The molecule has 1 atom stereocenters. The Morgan fingerprint density at radius 3 is 2.78 bits per heavy atom. The molecule has 3 aromatic heterocycles. The molecule has 1 N–H and O–H groups in total. The Morgan fingerprint density at radius 2 is 2.03 bits per heavy atom. The number of furan rings is 1. The Bertz CT molecular complexity index is 1320. The minimum atomic E-state index is -0.151. The Labute approximate surface area is 186 Å². The smallest absolute Gasteiger partial charge is 0.252 e. The van der Waals surface area contributed by atoms with E-state index in [1.165, 1.54) is 0 Å². The Hall–Kier alpha value is -3.61. The molecule has 5 rings (SSSR count). The molecule has 0 spiro atoms. The molecular formula is C25H26N4O3. The molecule has 4 aromatic rings. The summed E-state index contributed by atoms with van der Waals surface area (Å²) in [5.74, 6) is 2.25. The summed E-state index contributed by atoms with van der Waals surface area (Å²) in [6.07, 6.45) is 2.45. The second-order valence-corrected chi connectivity index (χ2v) is 8.50. The van der Waals surface area contributed by atoms with E-state index >= 15 is 0 Å². The number of benzene rings is 1. The summed E-state index contributed by atoms with van der Waals surface area (Å²) >= 11 is 0. The lowest BCUT2D eigenvalue weighted by atomic mass is 9.99. The molecule has 0 bridgehead atoms. The van der Waals surface area contributed by atoms with E-state index in [0.29, 0.717) is 23.5 Å². The van der Waals surface area contributed by atoms with Crippen molar-refractivity contribution in [1.29, 1.82) is 0 Å². The summed E-state index contributed by atoms with van der Waals surface area (Å²) < 4.78 is 13.3. The van der Waals surface area contributed by atoms with Crippen molar-refractivity contribution in [3.63, 3.8) is 0 Å². The third-order valence-electron chi connectivity index (χ3n) is 5.88. The standard InChI is InChI=1S/C25H26N4O3/c1-14(2)29-24-20(13-26-29)19(12-22(27-24)18-11-15(3)32-16(18)4)25(30)28-21-9-10-31-23-8-6-5-7-17(21)23/h5-8,11-14,21H,9-10H2,1-4H3,(H,28,30)/t21-/m0/s1. The first kappa shape index (κ1) is 20.3. The molecule has 7 nitrogen and oxygen atoms in total. The molecule has 0 saturated heterocycles. The van der Waals surface area contributed by atoms with Crippen molar-refractivity contribution in [2.75, 3.05) is 6.61 Å². The number of nitrogens with one attached hydrogen (secondary N) is 1. The fourth-order valence-corrected chi connectivity index (χ4v) is 4.33. The van der Waals surface area contributed by atoms with Gasteiger partial charge in [-0.15, -0.1) is 0 Å². The topological polar surface area (TPSA) is 82.2 Å². The normalized spacial score (nSPS) is 15.6. The molecule has 0 aliphatic carbocycles. The Morgan fingerprint density at radius 1 is 1.22 bits per heavy atom. The van der Waals surface area contributed by atoms with Crippen molar-refractivity contribution < 1.29 is 13.9 Å². The lowest BCUT2D eigenvalue weighted by Gasteiger charge is -2.26. The minimum absolute atomic E-state index is 0.112. The van der Waals surface area contributed by atoms with E-state index in [1.54, 1.807) is 6.20 Å². The van der Waals surface area contributed by atoms with Gasteiger partial charge in [-0.1, -0.05) is 18.2 Å². The molecule has 1 aliphatic heterocycles. The maximum Gasteiger partial charge on any atom is 0.252 e. The first-order valence-electron chi connectivity index (χ1n) is 10.9.